The van der Waals surface area contributed by atoms with Crippen LogP contribution in [0.15, 0.2) is 29.6 Å². The maximum Gasteiger partial charge on any atom is 0.225 e. The molecule has 0 bridgehead atoms. The normalized spacial score (nSPS) is 17.7. The Morgan fingerprint density at radius 1 is 1.27 bits per heavy atom. The van der Waals surface area contributed by atoms with Gasteiger partial charge in [-0.25, -0.2) is 0 Å². The monoisotopic (exact) mass is 353 g/mol. The molecule has 0 saturated carbocycles. The van der Waals surface area contributed by atoms with E-state index in [9.17, 15) is 4.79 Å². The molecular weight excluding hydrogens is 337 g/mol. The predicted molar refractivity (Wildman–Crippen MR) is 92.9 cm³/mol. The van der Waals surface area contributed by atoms with Crippen LogP contribution in [0.1, 0.15) is 35.9 Å². The van der Waals surface area contributed by atoms with Gasteiger partial charge >= 0.3 is 0 Å². The Morgan fingerprint density at radius 2 is 2.05 bits per heavy atom. The van der Waals surface area contributed by atoms with Crippen LogP contribution in [0.3, 0.4) is 0 Å². The largest absolute Gasteiger partial charge is 0.331 e. The molecule has 1 aliphatic heterocycles. The molecule has 0 spiro atoms. The number of hydrogen-bond donors (Lipinski definition) is 0. The van der Waals surface area contributed by atoms with Crippen molar-refractivity contribution in [1.29, 1.82) is 0 Å². The third kappa shape index (κ3) is 2.78. The number of halogens is 2. The average Bonchev–Trinajstić information content (AvgIpc) is 2.94. The summed E-state index contributed by atoms with van der Waals surface area (Å²) in [5, 5.41) is 3.31. The first-order chi connectivity index (χ1) is 10.5. The lowest BCUT2D eigenvalue weighted by Crippen LogP contribution is -2.42. The van der Waals surface area contributed by atoms with Crippen LogP contribution < -0.4 is 0 Å². The van der Waals surface area contributed by atoms with E-state index in [2.05, 4.69) is 11.4 Å². The molecule has 1 aromatic heterocycles. The van der Waals surface area contributed by atoms with Crippen LogP contribution in [0.4, 0.5) is 0 Å². The molecule has 2 heterocycles. The van der Waals surface area contributed by atoms with E-state index in [1.54, 1.807) is 17.4 Å². The van der Waals surface area contributed by atoms with Crippen molar-refractivity contribution in [1.82, 2.24) is 4.90 Å². The van der Waals surface area contributed by atoms with Crippen LogP contribution >= 0.6 is 34.5 Å². The van der Waals surface area contributed by atoms with Gasteiger partial charge in [-0.3, -0.25) is 4.79 Å². The summed E-state index contributed by atoms with van der Waals surface area (Å²) in [6.45, 7) is 4.60. The molecule has 1 aliphatic rings. The Hall–Kier alpha value is -1.03. The summed E-state index contributed by atoms with van der Waals surface area (Å²) >= 11 is 14.2. The first kappa shape index (κ1) is 15.9. The second-order valence-corrected chi connectivity index (χ2v) is 7.65. The minimum atomic E-state index is -0.116. The van der Waals surface area contributed by atoms with Crippen molar-refractivity contribution >= 4 is 40.4 Å². The first-order valence-corrected chi connectivity index (χ1v) is 8.94. The van der Waals surface area contributed by atoms with Gasteiger partial charge in [0.05, 0.1) is 6.04 Å². The van der Waals surface area contributed by atoms with Gasteiger partial charge in [-0.15, -0.1) is 11.3 Å². The predicted octanol–water partition coefficient (Wildman–Crippen LogP) is 5.19. The number of amides is 1. The highest BCUT2D eigenvalue weighted by Crippen LogP contribution is 2.41. The second-order valence-electron chi connectivity index (χ2n) is 5.80. The number of hydrogen-bond acceptors (Lipinski definition) is 2. The first-order valence-electron chi connectivity index (χ1n) is 7.30. The van der Waals surface area contributed by atoms with Gasteiger partial charge in [-0.05, 0) is 41.1 Å². The molecule has 116 valence electrons. The molecule has 2 nitrogen and oxygen atoms in total. The molecule has 5 heteroatoms. The van der Waals surface area contributed by atoms with Gasteiger partial charge in [0.1, 0.15) is 0 Å². The molecule has 2 aromatic rings. The summed E-state index contributed by atoms with van der Waals surface area (Å²) in [4.78, 5) is 15.9. The van der Waals surface area contributed by atoms with Crippen molar-refractivity contribution < 1.29 is 4.79 Å². The summed E-state index contributed by atoms with van der Waals surface area (Å²) in [5.74, 6) is 0.127. The molecule has 0 fully saturated rings. The van der Waals surface area contributed by atoms with Gasteiger partial charge in [0.15, 0.2) is 0 Å². The summed E-state index contributed by atoms with van der Waals surface area (Å²) in [6.07, 6.45) is 0.910. The molecule has 1 amide bonds. The summed E-state index contributed by atoms with van der Waals surface area (Å²) in [7, 11) is 0. The van der Waals surface area contributed by atoms with Crippen LogP contribution in [0.25, 0.3) is 0 Å². The Balaban J connectivity index is 2.11. The number of fused-ring (bicyclic) bond motifs is 1. The fraction of sp³-hybridized carbons (Fsp3) is 0.353. The van der Waals surface area contributed by atoms with Crippen LogP contribution in [0.5, 0.6) is 0 Å². The van der Waals surface area contributed by atoms with Crippen molar-refractivity contribution in [3.8, 4) is 0 Å². The lowest BCUT2D eigenvalue weighted by atomic mass is 9.92. The summed E-state index contributed by atoms with van der Waals surface area (Å²) in [5.41, 5.74) is 2.13. The van der Waals surface area contributed by atoms with Crippen LogP contribution in [0, 0.1) is 5.92 Å². The lowest BCUT2D eigenvalue weighted by molar-refractivity contribution is -0.136. The van der Waals surface area contributed by atoms with Crippen molar-refractivity contribution in [2.45, 2.75) is 26.3 Å². The van der Waals surface area contributed by atoms with Gasteiger partial charge < -0.3 is 4.90 Å². The number of carbonyl (C=O) groups is 1. The van der Waals surface area contributed by atoms with Crippen LogP contribution in [0.2, 0.25) is 10.0 Å². The van der Waals surface area contributed by atoms with Gasteiger partial charge in [0.25, 0.3) is 0 Å². The van der Waals surface area contributed by atoms with E-state index in [4.69, 9.17) is 23.2 Å². The highest BCUT2D eigenvalue weighted by Gasteiger charge is 2.34. The number of thiophene rings is 1. The number of benzene rings is 1. The molecule has 3 rings (SSSR count). The molecule has 1 atom stereocenters. The molecule has 22 heavy (non-hydrogen) atoms. The van der Waals surface area contributed by atoms with Crippen molar-refractivity contribution in [3.63, 3.8) is 0 Å². The maximum atomic E-state index is 12.7. The zero-order valence-electron chi connectivity index (χ0n) is 12.5. The summed E-state index contributed by atoms with van der Waals surface area (Å²) in [6, 6.07) is 7.51. The fourth-order valence-electron chi connectivity index (χ4n) is 2.94. The van der Waals surface area contributed by atoms with E-state index in [1.807, 2.05) is 30.9 Å². The molecule has 1 aromatic carbocycles. The highest BCUT2D eigenvalue weighted by molar-refractivity contribution is 7.10. The van der Waals surface area contributed by atoms with Gasteiger partial charge in [-0.2, -0.15) is 0 Å². The molecule has 0 unspecified atom stereocenters. The molecular formula is C17H17Cl2NOS. The molecule has 0 saturated heterocycles. The Morgan fingerprint density at radius 3 is 2.73 bits per heavy atom. The Kier molecular flexibility index (Phi) is 4.49. The maximum absolute atomic E-state index is 12.7. The fourth-order valence-corrected chi connectivity index (χ4v) is 4.36. The van der Waals surface area contributed by atoms with E-state index in [1.165, 1.54) is 10.4 Å². The van der Waals surface area contributed by atoms with E-state index in [0.29, 0.717) is 10.0 Å². The van der Waals surface area contributed by atoms with Crippen molar-refractivity contribution in [2.75, 3.05) is 6.54 Å². The van der Waals surface area contributed by atoms with E-state index >= 15 is 0 Å². The van der Waals surface area contributed by atoms with E-state index < -0.39 is 0 Å². The van der Waals surface area contributed by atoms with Crippen molar-refractivity contribution in [2.24, 2.45) is 5.92 Å². The Labute approximate surface area is 144 Å². The zero-order valence-corrected chi connectivity index (χ0v) is 14.8. The molecule has 0 aliphatic carbocycles. The third-order valence-electron chi connectivity index (χ3n) is 4.00. The minimum Gasteiger partial charge on any atom is -0.331 e. The quantitative estimate of drug-likeness (QED) is 0.727. The summed E-state index contributed by atoms with van der Waals surface area (Å²) < 4.78 is 0. The zero-order chi connectivity index (χ0) is 15.9. The lowest BCUT2D eigenvalue weighted by Gasteiger charge is -2.37. The molecule has 0 radical (unpaired) electrons. The third-order valence-corrected chi connectivity index (χ3v) is 5.56. The van der Waals surface area contributed by atoms with E-state index in [0.717, 1.165) is 18.5 Å². The van der Waals surface area contributed by atoms with Crippen LogP contribution in [-0.4, -0.2) is 17.4 Å². The number of nitrogens with zero attached hydrogens (tertiary/aromatic N) is 1. The Bertz CT molecular complexity index is 710. The highest BCUT2D eigenvalue weighted by atomic mass is 35.5. The second kappa shape index (κ2) is 6.23. The van der Waals surface area contributed by atoms with Gasteiger partial charge in [0, 0.05) is 27.4 Å². The average molecular weight is 354 g/mol. The number of carbonyl (C=O) groups excluding carboxylic acids is 1. The topological polar surface area (TPSA) is 20.3 Å². The van der Waals surface area contributed by atoms with E-state index in [-0.39, 0.29) is 17.9 Å². The molecule has 0 N–H and O–H groups in total. The van der Waals surface area contributed by atoms with Gasteiger partial charge in [0.2, 0.25) is 5.91 Å². The van der Waals surface area contributed by atoms with Crippen LogP contribution in [-0.2, 0) is 11.2 Å². The van der Waals surface area contributed by atoms with Crippen molar-refractivity contribution in [3.05, 3.63) is 55.7 Å². The standard InChI is InChI=1S/C17H17Cl2NOS/c1-10(2)17(21)20-7-5-15-13(6-8-22-15)16(20)12-4-3-11(18)9-14(12)19/h3-4,6,8-10,16H,5,7H2,1-2H3/t16-/m0/s1. The smallest absolute Gasteiger partial charge is 0.225 e. The van der Waals surface area contributed by atoms with Gasteiger partial charge in [-0.1, -0.05) is 43.1 Å². The minimum absolute atomic E-state index is 0.0336. The SMILES string of the molecule is CC(C)C(=O)N1CCc2sccc2[C@@H]1c1ccc(Cl)cc1Cl. The number of rotatable bonds is 2.